The molecule has 0 aliphatic carbocycles. The molecule has 1 fully saturated rings. The molecule has 2 aromatic heterocycles. The van der Waals surface area contributed by atoms with E-state index < -0.39 is 0 Å². The number of carbonyl (C=O) groups excluding carboxylic acids is 1. The molecule has 0 saturated carbocycles. The molecule has 1 N–H and O–H groups in total. The van der Waals surface area contributed by atoms with Crippen LogP contribution in [0, 0.1) is 6.92 Å². The minimum Gasteiger partial charge on any atom is -0.361 e. The summed E-state index contributed by atoms with van der Waals surface area (Å²) < 4.78 is 5.17. The number of hydrogen-bond acceptors (Lipinski definition) is 5. The number of nitrogens with one attached hydrogen (secondary N) is 1. The summed E-state index contributed by atoms with van der Waals surface area (Å²) in [6.07, 6.45) is 2.12. The smallest absolute Gasteiger partial charge is 0.234 e. The summed E-state index contributed by atoms with van der Waals surface area (Å²) in [5, 5.41) is 9.21. The first-order valence-corrected chi connectivity index (χ1v) is 8.51. The first-order chi connectivity index (χ1) is 10.6. The molecule has 2 atom stereocenters. The zero-order valence-corrected chi connectivity index (χ0v) is 13.7. The number of likely N-dealkylation sites (tertiary alicyclic amines) is 1. The second-order valence-corrected chi connectivity index (χ2v) is 6.77. The highest BCUT2D eigenvalue weighted by Gasteiger charge is 2.30. The van der Waals surface area contributed by atoms with Crippen molar-refractivity contribution in [1.29, 1.82) is 0 Å². The molecule has 3 rings (SSSR count). The van der Waals surface area contributed by atoms with Gasteiger partial charge in [-0.25, -0.2) is 0 Å². The van der Waals surface area contributed by atoms with Gasteiger partial charge in [-0.2, -0.15) is 0 Å². The normalized spacial score (nSPS) is 20.2. The van der Waals surface area contributed by atoms with Crippen LogP contribution in [0.1, 0.15) is 48.2 Å². The fourth-order valence-corrected chi connectivity index (χ4v) is 3.71. The van der Waals surface area contributed by atoms with E-state index in [9.17, 15) is 4.79 Å². The van der Waals surface area contributed by atoms with E-state index in [2.05, 4.69) is 15.4 Å². The number of aryl methyl sites for hydroxylation is 1. The van der Waals surface area contributed by atoms with Crippen LogP contribution >= 0.6 is 11.3 Å². The van der Waals surface area contributed by atoms with Gasteiger partial charge in [0.2, 0.25) is 5.91 Å². The average Bonchev–Trinajstić information content (AvgIpc) is 3.18. The van der Waals surface area contributed by atoms with Gasteiger partial charge >= 0.3 is 0 Å². The molecule has 3 heterocycles. The Labute approximate surface area is 134 Å². The van der Waals surface area contributed by atoms with Crippen LogP contribution in [0.15, 0.2) is 28.1 Å². The lowest BCUT2D eigenvalue weighted by atomic mass is 10.1. The third-order valence-corrected chi connectivity index (χ3v) is 5.10. The molecule has 1 aliphatic rings. The van der Waals surface area contributed by atoms with E-state index in [1.165, 1.54) is 4.88 Å². The maximum Gasteiger partial charge on any atom is 0.234 e. The highest BCUT2D eigenvalue weighted by molar-refractivity contribution is 7.10. The van der Waals surface area contributed by atoms with E-state index in [1.54, 1.807) is 11.3 Å². The molecule has 0 bridgehead atoms. The zero-order valence-electron chi connectivity index (χ0n) is 12.9. The highest BCUT2D eigenvalue weighted by atomic mass is 32.1. The standard InChI is InChI=1S/C16H21N3O2S/c1-11-9-13(18-21-11)14-5-3-7-19(14)10-16(20)17-12(2)15-6-4-8-22-15/h4,6,8-9,12,14H,3,5,7,10H2,1-2H3,(H,17,20)/t12-,14+/m0/s1. The number of carbonyl (C=O) groups is 1. The quantitative estimate of drug-likeness (QED) is 0.920. The molecule has 0 unspecified atom stereocenters. The molecule has 1 amide bonds. The maximum atomic E-state index is 12.3. The molecular weight excluding hydrogens is 298 g/mol. The Kier molecular flexibility index (Phi) is 4.59. The van der Waals surface area contributed by atoms with E-state index >= 15 is 0 Å². The Hall–Kier alpha value is -1.66. The number of hydrogen-bond donors (Lipinski definition) is 1. The van der Waals surface area contributed by atoms with Crippen LogP contribution in [0.3, 0.4) is 0 Å². The number of aromatic nitrogens is 1. The van der Waals surface area contributed by atoms with Crippen molar-refractivity contribution in [2.24, 2.45) is 0 Å². The molecule has 1 aliphatic heterocycles. The van der Waals surface area contributed by atoms with Gasteiger partial charge < -0.3 is 9.84 Å². The van der Waals surface area contributed by atoms with Crippen molar-refractivity contribution in [3.8, 4) is 0 Å². The molecule has 1 saturated heterocycles. The van der Waals surface area contributed by atoms with Crippen molar-refractivity contribution < 1.29 is 9.32 Å². The Morgan fingerprint density at radius 2 is 2.50 bits per heavy atom. The van der Waals surface area contributed by atoms with Gasteiger partial charge in [0.25, 0.3) is 0 Å². The van der Waals surface area contributed by atoms with Gasteiger partial charge in [0, 0.05) is 10.9 Å². The highest BCUT2D eigenvalue weighted by Crippen LogP contribution is 2.31. The predicted molar refractivity (Wildman–Crippen MR) is 85.7 cm³/mol. The monoisotopic (exact) mass is 319 g/mol. The van der Waals surface area contributed by atoms with Gasteiger partial charge in [-0.1, -0.05) is 11.2 Å². The van der Waals surface area contributed by atoms with E-state index in [0.717, 1.165) is 30.8 Å². The van der Waals surface area contributed by atoms with Gasteiger partial charge in [0.15, 0.2) is 0 Å². The summed E-state index contributed by atoms with van der Waals surface area (Å²) in [6.45, 7) is 5.25. The Morgan fingerprint density at radius 3 is 3.18 bits per heavy atom. The summed E-state index contributed by atoms with van der Waals surface area (Å²) in [6, 6.07) is 6.27. The third-order valence-electron chi connectivity index (χ3n) is 4.05. The second kappa shape index (κ2) is 6.62. The molecule has 5 nitrogen and oxygen atoms in total. The van der Waals surface area contributed by atoms with Crippen molar-refractivity contribution >= 4 is 17.2 Å². The van der Waals surface area contributed by atoms with Crippen LogP contribution in [0.2, 0.25) is 0 Å². The molecule has 118 valence electrons. The van der Waals surface area contributed by atoms with Crippen LogP contribution < -0.4 is 5.32 Å². The van der Waals surface area contributed by atoms with E-state index in [4.69, 9.17) is 4.52 Å². The van der Waals surface area contributed by atoms with E-state index in [1.807, 2.05) is 37.4 Å². The SMILES string of the molecule is Cc1cc([C@H]2CCCN2CC(=O)N[C@@H](C)c2cccs2)no1. The second-order valence-electron chi connectivity index (χ2n) is 5.80. The van der Waals surface area contributed by atoms with Crippen LogP contribution in [-0.2, 0) is 4.79 Å². The first-order valence-electron chi connectivity index (χ1n) is 7.63. The number of rotatable bonds is 5. The maximum absolute atomic E-state index is 12.3. The lowest BCUT2D eigenvalue weighted by molar-refractivity contribution is -0.123. The van der Waals surface area contributed by atoms with Crippen LogP contribution in [0.25, 0.3) is 0 Å². The summed E-state index contributed by atoms with van der Waals surface area (Å²) in [5.74, 6) is 0.880. The van der Waals surface area contributed by atoms with Crippen molar-refractivity contribution in [2.45, 2.75) is 38.8 Å². The molecular formula is C16H21N3O2S. The minimum atomic E-state index is 0.0582. The molecule has 6 heteroatoms. The van der Waals surface area contributed by atoms with Crippen molar-refractivity contribution in [3.05, 3.63) is 39.9 Å². The summed E-state index contributed by atoms with van der Waals surface area (Å²) in [4.78, 5) is 15.7. The number of thiophene rings is 1. The largest absolute Gasteiger partial charge is 0.361 e. The number of nitrogens with zero attached hydrogens (tertiary/aromatic N) is 2. The van der Waals surface area contributed by atoms with Gasteiger partial charge in [-0.05, 0) is 44.7 Å². The van der Waals surface area contributed by atoms with Crippen LogP contribution in [0.5, 0.6) is 0 Å². The third kappa shape index (κ3) is 3.39. The predicted octanol–water partition coefficient (Wildman–Crippen LogP) is 3.06. The van der Waals surface area contributed by atoms with E-state index in [0.29, 0.717) is 6.54 Å². The van der Waals surface area contributed by atoms with Crippen LogP contribution in [-0.4, -0.2) is 29.1 Å². The molecule has 0 radical (unpaired) electrons. The Bertz CT molecular complexity index is 623. The summed E-state index contributed by atoms with van der Waals surface area (Å²) in [7, 11) is 0. The fourth-order valence-electron chi connectivity index (χ4n) is 2.97. The average molecular weight is 319 g/mol. The Balaban J connectivity index is 1.58. The fraction of sp³-hybridized carbons (Fsp3) is 0.500. The van der Waals surface area contributed by atoms with Gasteiger partial charge in [-0.15, -0.1) is 11.3 Å². The van der Waals surface area contributed by atoms with Gasteiger partial charge in [0.1, 0.15) is 11.5 Å². The minimum absolute atomic E-state index is 0.0582. The molecule has 2 aromatic rings. The summed E-state index contributed by atoms with van der Waals surface area (Å²) in [5.41, 5.74) is 0.939. The van der Waals surface area contributed by atoms with Crippen LogP contribution in [0.4, 0.5) is 0 Å². The van der Waals surface area contributed by atoms with Gasteiger partial charge in [-0.3, -0.25) is 9.69 Å². The lowest BCUT2D eigenvalue weighted by Crippen LogP contribution is -2.37. The Morgan fingerprint density at radius 1 is 1.64 bits per heavy atom. The van der Waals surface area contributed by atoms with Crippen molar-refractivity contribution in [1.82, 2.24) is 15.4 Å². The topological polar surface area (TPSA) is 58.4 Å². The molecule has 0 spiro atoms. The zero-order chi connectivity index (χ0) is 15.5. The van der Waals surface area contributed by atoms with Gasteiger partial charge in [0.05, 0.1) is 18.6 Å². The first kappa shape index (κ1) is 15.2. The molecule has 0 aromatic carbocycles. The van der Waals surface area contributed by atoms with E-state index in [-0.39, 0.29) is 18.0 Å². The summed E-state index contributed by atoms with van der Waals surface area (Å²) >= 11 is 1.67. The lowest BCUT2D eigenvalue weighted by Gasteiger charge is -2.23. The van der Waals surface area contributed by atoms with Crippen molar-refractivity contribution in [3.63, 3.8) is 0 Å². The molecule has 22 heavy (non-hydrogen) atoms. The van der Waals surface area contributed by atoms with Crippen molar-refractivity contribution in [2.75, 3.05) is 13.1 Å². The number of amides is 1.